The molecule has 0 aliphatic carbocycles. The smallest absolute Gasteiger partial charge is 0.291 e. The van der Waals surface area contributed by atoms with Gasteiger partial charge in [-0.05, 0) is 48.4 Å². The third-order valence-corrected chi connectivity index (χ3v) is 6.17. The Kier molecular flexibility index (Phi) is 6.16. The fraction of sp³-hybridized carbons (Fsp3) is 0.130. The number of carbonyl (C=O) groups excluding carboxylic acids is 1. The predicted molar refractivity (Wildman–Crippen MR) is 122 cm³/mol. The maximum Gasteiger partial charge on any atom is 0.291 e. The molecule has 2 N–H and O–H groups in total. The van der Waals surface area contributed by atoms with E-state index in [1.807, 2.05) is 42.5 Å². The standard InChI is InChI=1S/C23H20ClN3O2S/c1-2-15-14-17(23(30-15)27-22(28)19-10-7-13-29-19)21(16-8-3-4-9-18(16)24)26-20-11-5-6-12-25-20/h3-14,21H,2H2,1H3,(H,25,26)(H,27,28)/t21-/m0/s1. The first-order valence-electron chi connectivity index (χ1n) is 9.55. The number of amides is 1. The molecule has 0 bridgehead atoms. The number of hydrogen-bond acceptors (Lipinski definition) is 5. The lowest BCUT2D eigenvalue weighted by Crippen LogP contribution is -2.17. The Hall–Kier alpha value is -3.09. The number of aromatic nitrogens is 1. The molecule has 0 fully saturated rings. The first-order valence-corrected chi connectivity index (χ1v) is 10.7. The molecule has 7 heteroatoms. The highest BCUT2D eigenvalue weighted by Crippen LogP contribution is 2.40. The van der Waals surface area contributed by atoms with Crippen molar-refractivity contribution in [1.29, 1.82) is 0 Å². The van der Waals surface area contributed by atoms with Crippen LogP contribution in [0.25, 0.3) is 0 Å². The van der Waals surface area contributed by atoms with Gasteiger partial charge in [0, 0.05) is 21.7 Å². The molecule has 1 atom stereocenters. The normalized spacial score (nSPS) is 11.8. The summed E-state index contributed by atoms with van der Waals surface area (Å²) in [7, 11) is 0. The Morgan fingerprint density at radius 3 is 2.67 bits per heavy atom. The van der Waals surface area contributed by atoms with Crippen LogP contribution in [0.1, 0.15) is 39.5 Å². The zero-order valence-electron chi connectivity index (χ0n) is 16.3. The summed E-state index contributed by atoms with van der Waals surface area (Å²) in [5.41, 5.74) is 1.83. The molecule has 4 aromatic rings. The molecule has 0 radical (unpaired) electrons. The number of benzene rings is 1. The quantitative estimate of drug-likeness (QED) is 0.350. The monoisotopic (exact) mass is 437 g/mol. The molecule has 3 heterocycles. The summed E-state index contributed by atoms with van der Waals surface area (Å²) in [4.78, 5) is 18.2. The highest BCUT2D eigenvalue weighted by Gasteiger charge is 2.24. The van der Waals surface area contributed by atoms with E-state index in [1.165, 1.54) is 6.26 Å². The SMILES string of the molecule is CCc1cc([C@@H](Nc2ccccn2)c2ccccc2Cl)c(NC(=O)c2ccco2)s1. The lowest BCUT2D eigenvalue weighted by Gasteiger charge is -2.22. The van der Waals surface area contributed by atoms with Gasteiger partial charge < -0.3 is 15.1 Å². The number of carbonyl (C=O) groups is 1. The average molecular weight is 438 g/mol. The Morgan fingerprint density at radius 1 is 1.13 bits per heavy atom. The van der Waals surface area contributed by atoms with Gasteiger partial charge in [0.25, 0.3) is 5.91 Å². The Bertz CT molecular complexity index is 1130. The third-order valence-electron chi connectivity index (χ3n) is 4.62. The summed E-state index contributed by atoms with van der Waals surface area (Å²) in [6, 6.07) is 18.5. The molecule has 3 aromatic heterocycles. The molecule has 152 valence electrons. The molecular formula is C23H20ClN3O2S. The van der Waals surface area contributed by atoms with E-state index in [4.69, 9.17) is 16.0 Å². The number of halogens is 1. The van der Waals surface area contributed by atoms with Crippen molar-refractivity contribution in [3.8, 4) is 0 Å². The minimum Gasteiger partial charge on any atom is -0.459 e. The molecule has 30 heavy (non-hydrogen) atoms. The van der Waals surface area contributed by atoms with E-state index in [0.717, 1.165) is 33.2 Å². The van der Waals surface area contributed by atoms with Crippen LogP contribution in [0.5, 0.6) is 0 Å². The molecule has 0 saturated heterocycles. The largest absolute Gasteiger partial charge is 0.459 e. The van der Waals surface area contributed by atoms with E-state index < -0.39 is 0 Å². The van der Waals surface area contributed by atoms with Crippen LogP contribution >= 0.6 is 22.9 Å². The fourth-order valence-corrected chi connectivity index (χ4v) is 4.42. The molecule has 5 nitrogen and oxygen atoms in total. The Labute approximate surface area is 183 Å². The van der Waals surface area contributed by atoms with E-state index in [2.05, 4.69) is 28.6 Å². The molecule has 0 spiro atoms. The van der Waals surface area contributed by atoms with E-state index in [-0.39, 0.29) is 17.7 Å². The van der Waals surface area contributed by atoms with E-state index in [0.29, 0.717) is 5.02 Å². The van der Waals surface area contributed by atoms with E-state index in [1.54, 1.807) is 29.7 Å². The Balaban J connectivity index is 1.77. The van der Waals surface area contributed by atoms with E-state index >= 15 is 0 Å². The highest BCUT2D eigenvalue weighted by atomic mass is 35.5. The van der Waals surface area contributed by atoms with Crippen molar-refractivity contribution in [2.75, 3.05) is 10.6 Å². The minimum atomic E-state index is -0.294. The van der Waals surface area contributed by atoms with Crippen molar-refractivity contribution < 1.29 is 9.21 Å². The van der Waals surface area contributed by atoms with Crippen molar-refractivity contribution in [3.63, 3.8) is 0 Å². The van der Waals surface area contributed by atoms with Crippen LogP contribution in [0, 0.1) is 0 Å². The highest BCUT2D eigenvalue weighted by molar-refractivity contribution is 7.16. The molecule has 0 saturated carbocycles. The summed E-state index contributed by atoms with van der Waals surface area (Å²) in [5.74, 6) is 0.691. The van der Waals surface area contributed by atoms with Crippen molar-refractivity contribution in [1.82, 2.24) is 4.98 Å². The van der Waals surface area contributed by atoms with Crippen LogP contribution in [-0.4, -0.2) is 10.9 Å². The number of rotatable bonds is 7. The van der Waals surface area contributed by atoms with Gasteiger partial charge in [-0.2, -0.15) is 0 Å². The third kappa shape index (κ3) is 4.40. The zero-order valence-corrected chi connectivity index (χ0v) is 17.8. The zero-order chi connectivity index (χ0) is 20.9. The second kappa shape index (κ2) is 9.15. The summed E-state index contributed by atoms with van der Waals surface area (Å²) in [6.07, 6.45) is 4.07. The number of furan rings is 1. The summed E-state index contributed by atoms with van der Waals surface area (Å²) in [5, 5.41) is 7.87. The fourth-order valence-electron chi connectivity index (χ4n) is 3.15. The second-order valence-corrected chi connectivity index (χ2v) is 8.14. The van der Waals surface area contributed by atoms with Gasteiger partial charge >= 0.3 is 0 Å². The molecule has 1 aromatic carbocycles. The van der Waals surface area contributed by atoms with Crippen molar-refractivity contribution >= 4 is 39.7 Å². The maximum absolute atomic E-state index is 12.7. The van der Waals surface area contributed by atoms with Gasteiger partial charge in [0.1, 0.15) is 10.8 Å². The number of hydrogen-bond donors (Lipinski definition) is 2. The molecular weight excluding hydrogens is 418 g/mol. The summed E-state index contributed by atoms with van der Waals surface area (Å²) < 4.78 is 5.25. The Morgan fingerprint density at radius 2 is 1.97 bits per heavy atom. The number of nitrogens with one attached hydrogen (secondary N) is 2. The van der Waals surface area contributed by atoms with Crippen molar-refractivity contribution in [2.45, 2.75) is 19.4 Å². The van der Waals surface area contributed by atoms with Crippen molar-refractivity contribution in [3.05, 3.63) is 99.9 Å². The topological polar surface area (TPSA) is 67.2 Å². The molecule has 0 unspecified atom stereocenters. The van der Waals surface area contributed by atoms with E-state index in [9.17, 15) is 4.79 Å². The molecule has 1 amide bonds. The van der Waals surface area contributed by atoms with Gasteiger partial charge in [0.05, 0.1) is 12.3 Å². The van der Waals surface area contributed by atoms with Crippen molar-refractivity contribution in [2.24, 2.45) is 0 Å². The van der Waals surface area contributed by atoms with Gasteiger partial charge in [-0.1, -0.05) is 42.8 Å². The van der Waals surface area contributed by atoms with Gasteiger partial charge in [0.15, 0.2) is 5.76 Å². The molecule has 0 aliphatic rings. The minimum absolute atomic E-state index is 0.263. The summed E-state index contributed by atoms with van der Waals surface area (Å²) >= 11 is 8.10. The number of pyridine rings is 1. The van der Waals surface area contributed by atoms with Gasteiger partial charge in [-0.15, -0.1) is 11.3 Å². The number of nitrogens with zero attached hydrogens (tertiary/aromatic N) is 1. The van der Waals surface area contributed by atoms with Crippen LogP contribution in [0.4, 0.5) is 10.8 Å². The lowest BCUT2D eigenvalue weighted by atomic mass is 9.99. The average Bonchev–Trinajstić information content (AvgIpc) is 3.44. The van der Waals surface area contributed by atoms with Gasteiger partial charge in [-0.3, -0.25) is 4.79 Å². The van der Waals surface area contributed by atoms with Crippen LogP contribution in [0.3, 0.4) is 0 Å². The lowest BCUT2D eigenvalue weighted by molar-refractivity contribution is 0.0997. The van der Waals surface area contributed by atoms with Crippen LogP contribution in [0.2, 0.25) is 5.02 Å². The summed E-state index contributed by atoms with van der Waals surface area (Å²) in [6.45, 7) is 2.09. The van der Waals surface area contributed by atoms with Gasteiger partial charge in [-0.25, -0.2) is 4.98 Å². The number of aryl methyl sites for hydroxylation is 1. The number of thiophene rings is 1. The first-order chi connectivity index (χ1) is 14.7. The van der Waals surface area contributed by atoms with Gasteiger partial charge in [0.2, 0.25) is 0 Å². The predicted octanol–water partition coefficient (Wildman–Crippen LogP) is 6.41. The first kappa shape index (κ1) is 20.2. The molecule has 4 rings (SSSR count). The molecule has 0 aliphatic heterocycles. The number of anilines is 2. The van der Waals surface area contributed by atoms with Crippen LogP contribution in [-0.2, 0) is 6.42 Å². The van der Waals surface area contributed by atoms with Crippen LogP contribution < -0.4 is 10.6 Å². The van der Waals surface area contributed by atoms with Crippen LogP contribution in [0.15, 0.2) is 77.5 Å². The maximum atomic E-state index is 12.7. The second-order valence-electron chi connectivity index (χ2n) is 6.60.